The lowest BCUT2D eigenvalue weighted by Gasteiger charge is -2.16. The van der Waals surface area contributed by atoms with Gasteiger partial charge in [-0.15, -0.1) is 0 Å². The highest BCUT2D eigenvalue weighted by Crippen LogP contribution is 2.28. The van der Waals surface area contributed by atoms with Crippen molar-refractivity contribution in [2.75, 3.05) is 20.8 Å². The highest BCUT2D eigenvalue weighted by Gasteiger charge is 2.18. The van der Waals surface area contributed by atoms with E-state index >= 15 is 0 Å². The van der Waals surface area contributed by atoms with Crippen molar-refractivity contribution in [2.45, 2.75) is 19.9 Å². The topological polar surface area (TPSA) is 84.8 Å². The predicted octanol–water partition coefficient (Wildman–Crippen LogP) is 1.89. The number of thiocarbonyl (C=S) groups is 1. The summed E-state index contributed by atoms with van der Waals surface area (Å²) >= 11 is 5.10. The molecule has 7 nitrogen and oxygen atoms in total. The molecule has 3 N–H and O–H groups in total. The van der Waals surface area contributed by atoms with Gasteiger partial charge in [0.05, 0.1) is 13.7 Å². The Morgan fingerprint density at radius 2 is 2.08 bits per heavy atom. The maximum Gasteiger partial charge on any atom is 0.305 e. The number of benzene rings is 1. The van der Waals surface area contributed by atoms with Crippen LogP contribution in [0.5, 0.6) is 5.75 Å². The van der Waals surface area contributed by atoms with Crippen LogP contribution in [0.4, 0.5) is 0 Å². The van der Waals surface area contributed by atoms with Crippen molar-refractivity contribution in [3.63, 3.8) is 0 Å². The molecule has 0 spiro atoms. The van der Waals surface area contributed by atoms with Crippen molar-refractivity contribution in [2.24, 2.45) is 0 Å². The minimum atomic E-state index is -0.411. The number of hydrogen-bond acceptors (Lipinski definition) is 5. The molecule has 0 radical (unpaired) electrons. The summed E-state index contributed by atoms with van der Waals surface area (Å²) in [5, 5.41) is 4.10. The van der Waals surface area contributed by atoms with Crippen molar-refractivity contribution in [1.82, 2.24) is 16.2 Å². The Kier molecular flexibility index (Phi) is 5.99. The smallest absolute Gasteiger partial charge is 0.305 e. The van der Waals surface area contributed by atoms with Crippen LogP contribution < -0.4 is 20.9 Å². The molecule has 0 bridgehead atoms. The van der Waals surface area contributed by atoms with Gasteiger partial charge in [-0.2, -0.15) is 0 Å². The number of fused-ring (bicyclic) bond motifs is 1. The molecule has 1 heterocycles. The van der Waals surface area contributed by atoms with Crippen LogP contribution in [-0.4, -0.2) is 37.9 Å². The number of nitrogens with one attached hydrogen (secondary N) is 3. The zero-order valence-electron chi connectivity index (χ0n) is 14.1. The van der Waals surface area contributed by atoms with Crippen molar-refractivity contribution < 1.29 is 18.7 Å². The van der Waals surface area contributed by atoms with Crippen LogP contribution >= 0.6 is 12.2 Å². The first-order valence-corrected chi connectivity index (χ1v) is 7.80. The van der Waals surface area contributed by atoms with Gasteiger partial charge in [0.15, 0.2) is 10.9 Å². The molecule has 2 aromatic rings. The van der Waals surface area contributed by atoms with E-state index in [9.17, 15) is 4.79 Å². The SMILES string of the molecule is COC[C@@H](C)NC(=S)NNC(=O)c1oc2ccc(OC)cc2c1C. The Labute approximate surface area is 145 Å². The molecular formula is C16H21N3O4S. The second kappa shape index (κ2) is 7.98. The molecule has 0 unspecified atom stereocenters. The summed E-state index contributed by atoms with van der Waals surface area (Å²) in [5.41, 5.74) is 6.51. The lowest BCUT2D eigenvalue weighted by atomic mass is 10.1. The van der Waals surface area contributed by atoms with E-state index in [2.05, 4.69) is 16.2 Å². The fourth-order valence-electron chi connectivity index (χ4n) is 2.27. The van der Waals surface area contributed by atoms with Gasteiger partial charge < -0.3 is 19.2 Å². The van der Waals surface area contributed by atoms with E-state index in [-0.39, 0.29) is 11.8 Å². The molecule has 1 aromatic carbocycles. The summed E-state index contributed by atoms with van der Waals surface area (Å²) in [6.45, 7) is 4.23. The number of rotatable bonds is 5. The van der Waals surface area contributed by atoms with Crippen LogP contribution in [0, 0.1) is 6.92 Å². The number of hydrazine groups is 1. The highest BCUT2D eigenvalue weighted by atomic mass is 32.1. The van der Waals surface area contributed by atoms with Crippen LogP contribution in [0.15, 0.2) is 22.6 Å². The monoisotopic (exact) mass is 351 g/mol. The van der Waals surface area contributed by atoms with Crippen molar-refractivity contribution in [3.05, 3.63) is 29.5 Å². The van der Waals surface area contributed by atoms with Crippen LogP contribution in [-0.2, 0) is 4.74 Å². The van der Waals surface area contributed by atoms with E-state index in [1.54, 1.807) is 26.4 Å². The zero-order valence-corrected chi connectivity index (χ0v) is 14.9. The Hall–Kier alpha value is -2.32. The summed E-state index contributed by atoms with van der Waals surface area (Å²) in [5.74, 6) is 0.513. The van der Waals surface area contributed by atoms with Crippen LogP contribution in [0.3, 0.4) is 0 Å². The Bertz CT molecular complexity index is 744. The largest absolute Gasteiger partial charge is 0.497 e. The minimum absolute atomic E-state index is 0.0207. The second-order valence-corrected chi connectivity index (χ2v) is 5.74. The third-order valence-corrected chi connectivity index (χ3v) is 3.65. The number of aryl methyl sites for hydroxylation is 1. The molecule has 0 aliphatic heterocycles. The molecule has 2 rings (SSSR count). The lowest BCUT2D eigenvalue weighted by Crippen LogP contribution is -2.50. The number of carbonyl (C=O) groups is 1. The third-order valence-electron chi connectivity index (χ3n) is 3.43. The van der Waals surface area contributed by atoms with E-state index in [0.29, 0.717) is 23.1 Å². The molecule has 0 saturated carbocycles. The van der Waals surface area contributed by atoms with E-state index in [1.807, 2.05) is 19.9 Å². The number of methoxy groups -OCH3 is 2. The van der Waals surface area contributed by atoms with Gasteiger partial charge in [0, 0.05) is 24.1 Å². The molecule has 1 aromatic heterocycles. The van der Waals surface area contributed by atoms with Crippen LogP contribution in [0.1, 0.15) is 23.0 Å². The predicted molar refractivity (Wildman–Crippen MR) is 95.2 cm³/mol. The van der Waals surface area contributed by atoms with E-state index in [1.165, 1.54) is 0 Å². The number of carbonyl (C=O) groups excluding carboxylic acids is 1. The Morgan fingerprint density at radius 3 is 2.75 bits per heavy atom. The van der Waals surface area contributed by atoms with E-state index in [4.69, 9.17) is 26.1 Å². The zero-order chi connectivity index (χ0) is 17.7. The molecule has 1 amide bonds. The Morgan fingerprint density at radius 1 is 1.33 bits per heavy atom. The summed E-state index contributed by atoms with van der Waals surface area (Å²) in [6.07, 6.45) is 0. The van der Waals surface area contributed by atoms with Crippen molar-refractivity contribution in [3.8, 4) is 5.75 Å². The molecule has 130 valence electrons. The van der Waals surface area contributed by atoms with Gasteiger partial charge in [-0.05, 0) is 44.3 Å². The second-order valence-electron chi connectivity index (χ2n) is 5.33. The molecule has 0 aliphatic rings. The highest BCUT2D eigenvalue weighted by molar-refractivity contribution is 7.80. The molecule has 1 atom stereocenters. The molecule has 24 heavy (non-hydrogen) atoms. The van der Waals surface area contributed by atoms with Crippen LogP contribution in [0.25, 0.3) is 11.0 Å². The first kappa shape index (κ1) is 18.0. The summed E-state index contributed by atoms with van der Waals surface area (Å²) < 4.78 is 15.8. The first-order valence-electron chi connectivity index (χ1n) is 7.39. The average Bonchev–Trinajstić information content (AvgIpc) is 2.89. The van der Waals surface area contributed by atoms with Gasteiger partial charge in [0.1, 0.15) is 11.3 Å². The molecule has 0 fully saturated rings. The van der Waals surface area contributed by atoms with Gasteiger partial charge in [-0.3, -0.25) is 15.6 Å². The van der Waals surface area contributed by atoms with Gasteiger partial charge in [-0.25, -0.2) is 0 Å². The number of furan rings is 1. The van der Waals surface area contributed by atoms with Crippen molar-refractivity contribution >= 4 is 34.2 Å². The van der Waals surface area contributed by atoms with Crippen LogP contribution in [0.2, 0.25) is 0 Å². The molecule has 8 heteroatoms. The minimum Gasteiger partial charge on any atom is -0.497 e. The molecular weight excluding hydrogens is 330 g/mol. The maximum absolute atomic E-state index is 12.3. The summed E-state index contributed by atoms with van der Waals surface area (Å²) in [7, 11) is 3.20. The summed E-state index contributed by atoms with van der Waals surface area (Å²) in [4.78, 5) is 12.3. The van der Waals surface area contributed by atoms with E-state index < -0.39 is 5.91 Å². The third kappa shape index (κ3) is 4.15. The van der Waals surface area contributed by atoms with Gasteiger partial charge >= 0.3 is 5.91 Å². The standard InChI is InChI=1S/C16H21N3O4S/c1-9(8-21-3)17-16(24)19-18-15(20)14-10(2)12-7-11(22-4)5-6-13(12)23-14/h5-7,9H,8H2,1-4H3,(H,18,20)(H2,17,19,24)/t9-/m1/s1. The quantitative estimate of drug-likeness (QED) is 0.560. The average molecular weight is 351 g/mol. The van der Waals surface area contributed by atoms with Gasteiger partial charge in [0.2, 0.25) is 0 Å². The Balaban J connectivity index is 2.03. The van der Waals surface area contributed by atoms with Crippen molar-refractivity contribution in [1.29, 1.82) is 0 Å². The normalized spacial score (nSPS) is 11.8. The number of amides is 1. The maximum atomic E-state index is 12.3. The fraction of sp³-hybridized carbons (Fsp3) is 0.375. The first-order chi connectivity index (χ1) is 11.5. The van der Waals surface area contributed by atoms with Gasteiger partial charge in [0.25, 0.3) is 0 Å². The lowest BCUT2D eigenvalue weighted by molar-refractivity contribution is 0.0916. The van der Waals surface area contributed by atoms with Gasteiger partial charge in [-0.1, -0.05) is 0 Å². The molecule has 0 aliphatic carbocycles. The number of ether oxygens (including phenoxy) is 2. The van der Waals surface area contributed by atoms with E-state index in [0.717, 1.165) is 10.9 Å². The molecule has 0 saturated heterocycles. The number of hydrogen-bond donors (Lipinski definition) is 3. The summed E-state index contributed by atoms with van der Waals surface area (Å²) in [6, 6.07) is 5.40. The fourth-order valence-corrected chi connectivity index (χ4v) is 2.52.